The van der Waals surface area contributed by atoms with Crippen LogP contribution in [-0.2, 0) is 9.59 Å². The van der Waals surface area contributed by atoms with Gasteiger partial charge in [-0.05, 0) is 56.9 Å². The predicted octanol–water partition coefficient (Wildman–Crippen LogP) is 2.90. The number of carbonyl (C=O) groups is 3. The fourth-order valence-corrected chi connectivity index (χ4v) is 4.91. The van der Waals surface area contributed by atoms with Crippen molar-refractivity contribution in [2.24, 2.45) is 17.6 Å². The molecular formula is C23H42N4O4. The number of hydrogen-bond acceptors (Lipinski definition) is 4. The number of aliphatic carboxylic acids is 1. The van der Waals surface area contributed by atoms with Gasteiger partial charge in [0.1, 0.15) is 12.1 Å². The number of nitrogens with one attached hydrogen (secondary N) is 3. The number of carboxylic acid groups (broad SMARTS) is 1. The van der Waals surface area contributed by atoms with Gasteiger partial charge >= 0.3 is 12.0 Å². The molecule has 6 N–H and O–H groups in total. The maximum atomic E-state index is 13.1. The summed E-state index contributed by atoms with van der Waals surface area (Å²) in [7, 11) is 0. The van der Waals surface area contributed by atoms with Gasteiger partial charge in [-0.3, -0.25) is 4.79 Å². The standard InChI is InChI=1S/C23H42N4O4/c1-16-9-5-6-12-18(16)25-21(28)20(15-17-10-3-2-4-11-17)27-23(31)26-19(22(29)30)13-7-8-14-24/h16-20H,2-15,24H2,1H3,(H,25,28)(H,29,30)(H2,26,27,31)/t16?,18?,19-,20+/m0/s1. The second-order valence-electron chi connectivity index (χ2n) is 9.46. The molecule has 0 aromatic heterocycles. The van der Waals surface area contributed by atoms with Crippen LogP contribution in [0.4, 0.5) is 4.79 Å². The summed E-state index contributed by atoms with van der Waals surface area (Å²) in [6, 6.07) is -2.07. The molecule has 0 aliphatic heterocycles. The maximum absolute atomic E-state index is 13.1. The third-order valence-electron chi connectivity index (χ3n) is 6.91. The van der Waals surface area contributed by atoms with Crippen LogP contribution in [0.1, 0.15) is 90.4 Å². The van der Waals surface area contributed by atoms with Crippen LogP contribution in [0.3, 0.4) is 0 Å². The molecule has 3 amide bonds. The Balaban J connectivity index is 1.97. The number of urea groups is 1. The molecule has 2 fully saturated rings. The molecule has 0 spiro atoms. The Morgan fingerprint density at radius 2 is 1.58 bits per heavy atom. The van der Waals surface area contributed by atoms with Crippen LogP contribution in [0.15, 0.2) is 0 Å². The van der Waals surface area contributed by atoms with E-state index in [1.807, 2.05) is 0 Å². The molecule has 0 aromatic rings. The van der Waals surface area contributed by atoms with Gasteiger partial charge in [0.05, 0.1) is 0 Å². The molecule has 0 saturated heterocycles. The summed E-state index contributed by atoms with van der Waals surface area (Å²) in [4.78, 5) is 37.2. The first-order valence-corrected chi connectivity index (χ1v) is 12.2. The number of hydrogen-bond donors (Lipinski definition) is 5. The molecule has 2 unspecified atom stereocenters. The molecule has 0 radical (unpaired) electrons. The Hall–Kier alpha value is -1.83. The zero-order valence-electron chi connectivity index (χ0n) is 19.0. The molecule has 0 heterocycles. The molecule has 8 nitrogen and oxygen atoms in total. The van der Waals surface area contributed by atoms with E-state index < -0.39 is 24.1 Å². The lowest BCUT2D eigenvalue weighted by Gasteiger charge is -2.32. The average Bonchev–Trinajstić information content (AvgIpc) is 2.75. The van der Waals surface area contributed by atoms with E-state index >= 15 is 0 Å². The third-order valence-corrected chi connectivity index (χ3v) is 6.91. The third kappa shape index (κ3) is 9.05. The van der Waals surface area contributed by atoms with Crippen molar-refractivity contribution in [2.45, 2.75) is 109 Å². The molecule has 31 heavy (non-hydrogen) atoms. The first-order chi connectivity index (χ1) is 14.9. The Labute approximate surface area is 186 Å². The highest BCUT2D eigenvalue weighted by atomic mass is 16.4. The lowest BCUT2D eigenvalue weighted by atomic mass is 9.83. The number of carbonyl (C=O) groups excluding carboxylic acids is 2. The Kier molecular flexibility index (Phi) is 11.1. The van der Waals surface area contributed by atoms with Crippen molar-refractivity contribution in [3.8, 4) is 0 Å². The summed E-state index contributed by atoms with van der Waals surface area (Å²) in [5, 5.41) is 17.9. The minimum absolute atomic E-state index is 0.142. The SMILES string of the molecule is CC1CCCCC1NC(=O)[C@@H](CC1CCCCC1)NC(=O)N[C@@H](CCCCN)C(=O)O. The summed E-state index contributed by atoms with van der Waals surface area (Å²) >= 11 is 0. The number of amides is 3. The van der Waals surface area contributed by atoms with E-state index in [2.05, 4.69) is 22.9 Å². The number of unbranched alkanes of at least 4 members (excludes halogenated alkanes) is 1. The lowest BCUT2D eigenvalue weighted by Crippen LogP contribution is -2.56. The van der Waals surface area contributed by atoms with Crippen molar-refractivity contribution in [1.82, 2.24) is 16.0 Å². The largest absolute Gasteiger partial charge is 0.480 e. The highest BCUT2D eigenvalue weighted by molar-refractivity contribution is 5.89. The number of rotatable bonds is 11. The van der Waals surface area contributed by atoms with Gasteiger partial charge in [0, 0.05) is 6.04 Å². The molecule has 2 aliphatic rings. The molecule has 0 bridgehead atoms. The Morgan fingerprint density at radius 3 is 2.23 bits per heavy atom. The van der Waals surface area contributed by atoms with E-state index in [9.17, 15) is 19.5 Å². The van der Waals surface area contributed by atoms with E-state index in [0.29, 0.717) is 44.1 Å². The van der Waals surface area contributed by atoms with Crippen LogP contribution in [-0.4, -0.2) is 47.7 Å². The summed E-state index contributed by atoms with van der Waals surface area (Å²) in [6.45, 7) is 2.65. The average molecular weight is 439 g/mol. The molecule has 4 atom stereocenters. The molecule has 2 saturated carbocycles. The number of nitrogens with two attached hydrogens (primary N) is 1. The quantitative estimate of drug-likeness (QED) is 0.316. The summed E-state index contributed by atoms with van der Waals surface area (Å²) in [5.74, 6) is -0.375. The van der Waals surface area contributed by atoms with Crippen LogP contribution in [0.5, 0.6) is 0 Å². The van der Waals surface area contributed by atoms with Crippen molar-refractivity contribution < 1.29 is 19.5 Å². The highest BCUT2D eigenvalue weighted by Crippen LogP contribution is 2.28. The highest BCUT2D eigenvalue weighted by Gasteiger charge is 2.30. The lowest BCUT2D eigenvalue weighted by molar-refractivity contribution is -0.139. The number of carboxylic acids is 1. The van der Waals surface area contributed by atoms with Crippen molar-refractivity contribution in [2.75, 3.05) is 6.54 Å². The fourth-order valence-electron chi connectivity index (χ4n) is 4.91. The van der Waals surface area contributed by atoms with E-state index in [1.165, 1.54) is 12.8 Å². The molecule has 2 aliphatic carbocycles. The predicted molar refractivity (Wildman–Crippen MR) is 121 cm³/mol. The zero-order chi connectivity index (χ0) is 22.6. The van der Waals surface area contributed by atoms with Crippen LogP contribution < -0.4 is 21.7 Å². The van der Waals surface area contributed by atoms with Gasteiger partial charge in [-0.1, -0.05) is 51.9 Å². The van der Waals surface area contributed by atoms with Crippen molar-refractivity contribution in [1.29, 1.82) is 0 Å². The molecule has 0 aromatic carbocycles. The van der Waals surface area contributed by atoms with Gasteiger partial charge in [0.25, 0.3) is 0 Å². The monoisotopic (exact) mass is 438 g/mol. The summed E-state index contributed by atoms with van der Waals surface area (Å²) in [6.07, 6.45) is 12.3. The summed E-state index contributed by atoms with van der Waals surface area (Å²) < 4.78 is 0. The first kappa shape index (κ1) is 25.4. The normalized spacial score (nSPS) is 24.1. The van der Waals surface area contributed by atoms with E-state index in [1.54, 1.807) is 0 Å². The fraction of sp³-hybridized carbons (Fsp3) is 0.870. The van der Waals surface area contributed by atoms with Crippen molar-refractivity contribution >= 4 is 17.9 Å². The maximum Gasteiger partial charge on any atom is 0.326 e. The molecule has 8 heteroatoms. The second-order valence-corrected chi connectivity index (χ2v) is 9.46. The zero-order valence-corrected chi connectivity index (χ0v) is 19.0. The summed E-state index contributed by atoms with van der Waals surface area (Å²) in [5.41, 5.74) is 5.48. The van der Waals surface area contributed by atoms with Gasteiger partial charge in [0.15, 0.2) is 0 Å². The minimum atomic E-state index is -1.07. The van der Waals surface area contributed by atoms with Gasteiger partial charge < -0.3 is 26.8 Å². The Morgan fingerprint density at radius 1 is 0.935 bits per heavy atom. The van der Waals surface area contributed by atoms with Crippen molar-refractivity contribution in [3.63, 3.8) is 0 Å². The Bertz CT molecular complexity index is 580. The van der Waals surface area contributed by atoms with Crippen LogP contribution >= 0.6 is 0 Å². The van der Waals surface area contributed by atoms with E-state index in [-0.39, 0.29) is 11.9 Å². The van der Waals surface area contributed by atoms with Gasteiger partial charge in [-0.15, -0.1) is 0 Å². The van der Waals surface area contributed by atoms with Crippen LogP contribution in [0.2, 0.25) is 0 Å². The van der Waals surface area contributed by atoms with E-state index in [0.717, 1.165) is 44.9 Å². The molecular weight excluding hydrogens is 396 g/mol. The van der Waals surface area contributed by atoms with Crippen molar-refractivity contribution in [3.05, 3.63) is 0 Å². The van der Waals surface area contributed by atoms with Crippen LogP contribution in [0.25, 0.3) is 0 Å². The van der Waals surface area contributed by atoms with Gasteiger partial charge in [-0.25, -0.2) is 9.59 Å². The first-order valence-electron chi connectivity index (χ1n) is 12.2. The van der Waals surface area contributed by atoms with E-state index in [4.69, 9.17) is 5.73 Å². The van der Waals surface area contributed by atoms with Gasteiger partial charge in [0.2, 0.25) is 5.91 Å². The van der Waals surface area contributed by atoms with Crippen LogP contribution in [0, 0.1) is 11.8 Å². The molecule has 2 rings (SSSR count). The second kappa shape index (κ2) is 13.6. The topological polar surface area (TPSA) is 134 Å². The minimum Gasteiger partial charge on any atom is -0.480 e. The molecule has 178 valence electrons. The smallest absolute Gasteiger partial charge is 0.326 e. The van der Waals surface area contributed by atoms with Gasteiger partial charge in [-0.2, -0.15) is 0 Å².